The van der Waals surface area contributed by atoms with Crippen molar-refractivity contribution in [2.75, 3.05) is 26.0 Å². The molecule has 0 bridgehead atoms. The van der Waals surface area contributed by atoms with Gasteiger partial charge in [0, 0.05) is 19.8 Å². The lowest BCUT2D eigenvalue weighted by Gasteiger charge is -2.03. The summed E-state index contributed by atoms with van der Waals surface area (Å²) in [5.74, 6) is 0.780. The van der Waals surface area contributed by atoms with E-state index in [2.05, 4.69) is 4.72 Å². The maximum absolute atomic E-state index is 10.6. The molecular formula is C8H17NO3S. The third kappa shape index (κ3) is 6.98. The van der Waals surface area contributed by atoms with Gasteiger partial charge in [-0.25, -0.2) is 13.1 Å². The predicted octanol–water partition coefficient (Wildman–Crippen LogP) is 0.352. The average molecular weight is 207 g/mol. The Hall–Kier alpha value is -0.130. The average Bonchev–Trinajstić information content (AvgIpc) is 2.77. The molecule has 0 aliphatic heterocycles. The van der Waals surface area contributed by atoms with Crippen LogP contribution in [0.5, 0.6) is 0 Å². The van der Waals surface area contributed by atoms with Crippen molar-refractivity contribution in [2.45, 2.75) is 19.3 Å². The summed E-state index contributed by atoms with van der Waals surface area (Å²) in [6, 6.07) is 0. The first kappa shape index (κ1) is 10.9. The number of hydrogen-bond donors (Lipinski definition) is 1. The molecule has 0 amide bonds. The van der Waals surface area contributed by atoms with E-state index in [9.17, 15) is 8.42 Å². The Morgan fingerprint density at radius 2 is 2.15 bits per heavy atom. The van der Waals surface area contributed by atoms with Gasteiger partial charge in [0.2, 0.25) is 10.0 Å². The number of sulfonamides is 1. The highest BCUT2D eigenvalue weighted by Gasteiger charge is 2.20. The molecule has 78 valence electrons. The molecule has 13 heavy (non-hydrogen) atoms. The second-order valence-electron chi connectivity index (χ2n) is 3.54. The highest BCUT2D eigenvalue weighted by Crippen LogP contribution is 2.28. The maximum atomic E-state index is 10.6. The first-order valence-corrected chi connectivity index (χ1v) is 6.49. The lowest BCUT2D eigenvalue weighted by molar-refractivity contribution is 0.123. The highest BCUT2D eigenvalue weighted by molar-refractivity contribution is 7.88. The lowest BCUT2D eigenvalue weighted by atomic mass is 10.4. The van der Waals surface area contributed by atoms with Crippen LogP contribution in [0, 0.1) is 5.92 Å². The Labute approximate surface area is 79.7 Å². The first-order chi connectivity index (χ1) is 6.08. The van der Waals surface area contributed by atoms with Gasteiger partial charge in [0.05, 0.1) is 6.26 Å². The largest absolute Gasteiger partial charge is 0.381 e. The lowest BCUT2D eigenvalue weighted by Crippen LogP contribution is -2.23. The van der Waals surface area contributed by atoms with E-state index in [0.717, 1.165) is 25.2 Å². The Morgan fingerprint density at radius 3 is 2.69 bits per heavy atom. The fourth-order valence-electron chi connectivity index (χ4n) is 0.966. The van der Waals surface area contributed by atoms with Crippen LogP contribution in [0.25, 0.3) is 0 Å². The molecular weight excluding hydrogens is 190 g/mol. The number of ether oxygens (including phenoxy) is 1. The summed E-state index contributed by atoms with van der Waals surface area (Å²) in [7, 11) is -3.02. The smallest absolute Gasteiger partial charge is 0.208 e. The zero-order chi connectivity index (χ0) is 9.73. The van der Waals surface area contributed by atoms with Crippen LogP contribution in [-0.2, 0) is 14.8 Å². The molecule has 1 fully saturated rings. The van der Waals surface area contributed by atoms with Crippen LogP contribution in [0.3, 0.4) is 0 Å². The Kier molecular flexibility index (Phi) is 4.15. The molecule has 0 heterocycles. The third-order valence-corrected chi connectivity index (χ3v) is 2.61. The summed E-state index contributed by atoms with van der Waals surface area (Å²) in [6.07, 6.45) is 4.50. The normalized spacial score (nSPS) is 17.6. The fourth-order valence-corrected chi connectivity index (χ4v) is 1.48. The maximum Gasteiger partial charge on any atom is 0.208 e. The van der Waals surface area contributed by atoms with Gasteiger partial charge in [0.25, 0.3) is 0 Å². The SMILES string of the molecule is CS(=O)(=O)NCCCOCC1CC1. The van der Waals surface area contributed by atoms with Gasteiger partial charge >= 0.3 is 0 Å². The van der Waals surface area contributed by atoms with Crippen molar-refractivity contribution in [1.82, 2.24) is 4.72 Å². The second kappa shape index (κ2) is 4.93. The Bertz CT molecular complexity index is 234. The van der Waals surface area contributed by atoms with Crippen LogP contribution in [0.15, 0.2) is 0 Å². The van der Waals surface area contributed by atoms with Crippen molar-refractivity contribution in [3.8, 4) is 0 Å². The standard InChI is InChI=1S/C8H17NO3S/c1-13(10,11)9-5-2-6-12-7-8-3-4-8/h8-9H,2-7H2,1H3. The number of rotatable bonds is 7. The molecule has 0 aromatic rings. The van der Waals surface area contributed by atoms with E-state index in [1.807, 2.05) is 0 Å². The van der Waals surface area contributed by atoms with Crippen LogP contribution in [0.4, 0.5) is 0 Å². The predicted molar refractivity (Wildman–Crippen MR) is 51.0 cm³/mol. The molecule has 0 atom stereocenters. The van der Waals surface area contributed by atoms with Gasteiger partial charge < -0.3 is 4.74 Å². The zero-order valence-electron chi connectivity index (χ0n) is 7.95. The van der Waals surface area contributed by atoms with Crippen molar-refractivity contribution in [3.63, 3.8) is 0 Å². The molecule has 0 radical (unpaired) electrons. The Morgan fingerprint density at radius 1 is 1.46 bits per heavy atom. The monoisotopic (exact) mass is 207 g/mol. The topological polar surface area (TPSA) is 55.4 Å². The molecule has 4 nitrogen and oxygen atoms in total. The zero-order valence-corrected chi connectivity index (χ0v) is 8.77. The van der Waals surface area contributed by atoms with Crippen molar-refractivity contribution in [2.24, 2.45) is 5.92 Å². The molecule has 1 rings (SSSR count). The van der Waals surface area contributed by atoms with Gasteiger partial charge in [-0.3, -0.25) is 0 Å². The van der Waals surface area contributed by atoms with Gasteiger partial charge in [0.15, 0.2) is 0 Å². The highest BCUT2D eigenvalue weighted by atomic mass is 32.2. The third-order valence-electron chi connectivity index (χ3n) is 1.88. The molecule has 0 aromatic heterocycles. The molecule has 0 unspecified atom stereocenters. The summed E-state index contributed by atoms with van der Waals surface area (Å²) >= 11 is 0. The van der Waals surface area contributed by atoms with Crippen LogP contribution in [0.2, 0.25) is 0 Å². The van der Waals surface area contributed by atoms with E-state index in [4.69, 9.17) is 4.74 Å². The molecule has 5 heteroatoms. The van der Waals surface area contributed by atoms with Crippen LogP contribution >= 0.6 is 0 Å². The molecule has 1 saturated carbocycles. The minimum atomic E-state index is -3.02. The number of hydrogen-bond acceptors (Lipinski definition) is 3. The van der Waals surface area contributed by atoms with Crippen molar-refractivity contribution in [1.29, 1.82) is 0 Å². The van der Waals surface area contributed by atoms with Crippen molar-refractivity contribution < 1.29 is 13.2 Å². The molecule has 0 aromatic carbocycles. The Balaban J connectivity index is 1.83. The summed E-state index contributed by atoms with van der Waals surface area (Å²) in [6.45, 7) is 1.97. The van der Waals surface area contributed by atoms with Crippen LogP contribution in [-0.4, -0.2) is 34.4 Å². The van der Waals surface area contributed by atoms with Gasteiger partial charge in [-0.1, -0.05) is 0 Å². The van der Waals surface area contributed by atoms with Crippen LogP contribution < -0.4 is 4.72 Å². The summed E-state index contributed by atoms with van der Waals surface area (Å²) in [4.78, 5) is 0. The second-order valence-corrected chi connectivity index (χ2v) is 5.37. The first-order valence-electron chi connectivity index (χ1n) is 4.60. The summed E-state index contributed by atoms with van der Waals surface area (Å²) in [5, 5.41) is 0. The van der Waals surface area contributed by atoms with E-state index in [1.54, 1.807) is 0 Å². The van der Waals surface area contributed by atoms with Crippen molar-refractivity contribution in [3.05, 3.63) is 0 Å². The summed E-state index contributed by atoms with van der Waals surface area (Å²) < 4.78 is 29.0. The molecule has 1 aliphatic rings. The van der Waals surface area contributed by atoms with E-state index >= 15 is 0 Å². The minimum Gasteiger partial charge on any atom is -0.381 e. The van der Waals surface area contributed by atoms with E-state index in [0.29, 0.717) is 13.2 Å². The fraction of sp³-hybridized carbons (Fsp3) is 1.00. The van der Waals surface area contributed by atoms with Gasteiger partial charge in [-0.2, -0.15) is 0 Å². The minimum absolute atomic E-state index is 0.476. The summed E-state index contributed by atoms with van der Waals surface area (Å²) in [5.41, 5.74) is 0. The van der Waals surface area contributed by atoms with Crippen LogP contribution in [0.1, 0.15) is 19.3 Å². The molecule has 1 N–H and O–H groups in total. The van der Waals surface area contributed by atoms with E-state index in [-0.39, 0.29) is 0 Å². The van der Waals surface area contributed by atoms with Crippen molar-refractivity contribution >= 4 is 10.0 Å². The van der Waals surface area contributed by atoms with Gasteiger partial charge in [0.1, 0.15) is 0 Å². The van der Waals surface area contributed by atoms with E-state index in [1.165, 1.54) is 12.8 Å². The molecule has 0 spiro atoms. The quantitative estimate of drug-likeness (QED) is 0.613. The molecule has 0 saturated heterocycles. The number of nitrogens with one attached hydrogen (secondary N) is 1. The molecule has 1 aliphatic carbocycles. The van der Waals surface area contributed by atoms with Gasteiger partial charge in [-0.15, -0.1) is 0 Å². The van der Waals surface area contributed by atoms with Gasteiger partial charge in [-0.05, 0) is 25.2 Å². The van der Waals surface area contributed by atoms with E-state index < -0.39 is 10.0 Å².